The number of ether oxygens (including phenoxy) is 3. The van der Waals surface area contributed by atoms with E-state index < -0.39 is 0 Å². The average Bonchev–Trinajstić information content (AvgIpc) is 2.83. The molecule has 2 aliphatic heterocycles. The number of anilines is 3. The zero-order valence-corrected chi connectivity index (χ0v) is 18.3. The van der Waals surface area contributed by atoms with Gasteiger partial charge in [0.2, 0.25) is 5.95 Å². The number of nitrogens with one attached hydrogen (secondary N) is 1. The maximum absolute atomic E-state index is 13.1. The second kappa shape index (κ2) is 8.31. The summed E-state index contributed by atoms with van der Waals surface area (Å²) in [6.07, 6.45) is 2.13. The van der Waals surface area contributed by atoms with Crippen LogP contribution in [0.2, 0.25) is 0 Å². The molecule has 0 radical (unpaired) electrons. The van der Waals surface area contributed by atoms with E-state index >= 15 is 0 Å². The van der Waals surface area contributed by atoms with Crippen molar-refractivity contribution in [3.8, 4) is 11.5 Å². The van der Waals surface area contributed by atoms with E-state index in [4.69, 9.17) is 24.9 Å². The Kier molecular flexibility index (Phi) is 5.34. The molecule has 9 heteroatoms. The lowest BCUT2D eigenvalue weighted by Crippen LogP contribution is -2.38. The standard InChI is InChI=1S/C23H27N5O4/c1-30-16-7-6-13(12-17(16)31-2)18-19-14(4-3-5-15(19)29)25-22-20(18)21(24)26-23(27-22)28-8-10-32-11-9-28/h6-7,12,18H,3-5,8-11H2,1-2H3,(H3,24,25,26,27). The number of hydrogen-bond acceptors (Lipinski definition) is 9. The Hall–Kier alpha value is -3.33. The molecule has 32 heavy (non-hydrogen) atoms. The van der Waals surface area contributed by atoms with Crippen LogP contribution in [0.3, 0.4) is 0 Å². The van der Waals surface area contributed by atoms with Gasteiger partial charge in [0.1, 0.15) is 11.6 Å². The molecule has 0 bridgehead atoms. The van der Waals surface area contributed by atoms with Gasteiger partial charge in [0.05, 0.1) is 27.4 Å². The zero-order valence-electron chi connectivity index (χ0n) is 18.3. The number of rotatable bonds is 4. The van der Waals surface area contributed by atoms with E-state index in [1.807, 2.05) is 18.2 Å². The number of carbonyl (C=O) groups excluding carboxylic acids is 1. The first-order valence-electron chi connectivity index (χ1n) is 10.9. The van der Waals surface area contributed by atoms with Crippen LogP contribution in [0, 0.1) is 0 Å². The summed E-state index contributed by atoms with van der Waals surface area (Å²) in [4.78, 5) is 24.6. The number of allylic oxidation sites excluding steroid dienone is 2. The Bertz CT molecular complexity index is 1090. The third-order valence-electron chi connectivity index (χ3n) is 6.30. The topological polar surface area (TPSA) is 112 Å². The van der Waals surface area contributed by atoms with Gasteiger partial charge in [-0.15, -0.1) is 0 Å². The van der Waals surface area contributed by atoms with E-state index in [1.165, 1.54) is 0 Å². The van der Waals surface area contributed by atoms with Crippen LogP contribution >= 0.6 is 0 Å². The van der Waals surface area contributed by atoms with Crippen LogP contribution < -0.4 is 25.4 Å². The molecule has 3 N–H and O–H groups in total. The number of nitrogens with two attached hydrogens (primary N) is 1. The van der Waals surface area contributed by atoms with Crippen LogP contribution in [0.15, 0.2) is 29.5 Å². The van der Waals surface area contributed by atoms with Gasteiger partial charge in [-0.25, -0.2) is 0 Å². The average molecular weight is 438 g/mol. The van der Waals surface area contributed by atoms with Crippen molar-refractivity contribution >= 4 is 23.4 Å². The molecule has 1 atom stereocenters. The summed E-state index contributed by atoms with van der Waals surface area (Å²) in [5, 5.41) is 3.41. The first-order chi connectivity index (χ1) is 15.6. The Balaban J connectivity index is 1.66. The molecule has 0 saturated carbocycles. The van der Waals surface area contributed by atoms with E-state index in [9.17, 15) is 4.79 Å². The van der Waals surface area contributed by atoms with Gasteiger partial charge in [0.25, 0.3) is 0 Å². The number of fused-ring (bicyclic) bond motifs is 1. The van der Waals surface area contributed by atoms with E-state index in [0.29, 0.717) is 61.8 Å². The van der Waals surface area contributed by atoms with Crippen molar-refractivity contribution < 1.29 is 19.0 Å². The molecule has 1 unspecified atom stereocenters. The molecule has 168 valence electrons. The maximum atomic E-state index is 13.1. The van der Waals surface area contributed by atoms with E-state index in [2.05, 4.69) is 15.2 Å². The molecule has 1 aromatic heterocycles. The van der Waals surface area contributed by atoms with E-state index in [0.717, 1.165) is 35.2 Å². The van der Waals surface area contributed by atoms with Crippen LogP contribution in [0.5, 0.6) is 11.5 Å². The Morgan fingerprint density at radius 1 is 1.12 bits per heavy atom. The predicted octanol–water partition coefficient (Wildman–Crippen LogP) is 2.48. The van der Waals surface area contributed by atoms with Crippen LogP contribution in [-0.2, 0) is 9.53 Å². The van der Waals surface area contributed by atoms with Gasteiger partial charge >= 0.3 is 0 Å². The molecular formula is C23H27N5O4. The summed E-state index contributed by atoms with van der Waals surface area (Å²) < 4.78 is 16.4. The number of ketones is 1. The zero-order chi connectivity index (χ0) is 22.2. The summed E-state index contributed by atoms with van der Waals surface area (Å²) >= 11 is 0. The van der Waals surface area contributed by atoms with Gasteiger partial charge in [0.15, 0.2) is 17.3 Å². The molecular weight excluding hydrogens is 410 g/mol. The quantitative estimate of drug-likeness (QED) is 0.745. The number of hydrogen-bond donors (Lipinski definition) is 2. The molecule has 2 aromatic rings. The lowest BCUT2D eigenvalue weighted by Gasteiger charge is -2.35. The van der Waals surface area contributed by atoms with Crippen molar-refractivity contribution in [3.63, 3.8) is 0 Å². The summed E-state index contributed by atoms with van der Waals surface area (Å²) in [5.74, 6) is 2.59. The lowest BCUT2D eigenvalue weighted by molar-refractivity contribution is -0.116. The third kappa shape index (κ3) is 3.42. The third-order valence-corrected chi connectivity index (χ3v) is 6.30. The fraction of sp³-hybridized carbons (Fsp3) is 0.435. The molecule has 1 aromatic carbocycles. The fourth-order valence-corrected chi connectivity index (χ4v) is 4.74. The van der Waals surface area contributed by atoms with Crippen molar-refractivity contribution in [1.82, 2.24) is 9.97 Å². The van der Waals surface area contributed by atoms with Crippen LogP contribution in [0.4, 0.5) is 17.6 Å². The Labute approximate surface area is 186 Å². The van der Waals surface area contributed by atoms with Gasteiger partial charge in [-0.3, -0.25) is 4.79 Å². The van der Waals surface area contributed by atoms with E-state index in [-0.39, 0.29) is 11.7 Å². The molecule has 0 amide bonds. The van der Waals surface area contributed by atoms with Gasteiger partial charge in [-0.2, -0.15) is 9.97 Å². The number of aromatic nitrogens is 2. The lowest BCUT2D eigenvalue weighted by atomic mass is 9.76. The highest BCUT2D eigenvalue weighted by Gasteiger charge is 2.38. The van der Waals surface area contributed by atoms with Crippen molar-refractivity contribution in [2.24, 2.45) is 0 Å². The largest absolute Gasteiger partial charge is 0.493 e. The normalized spacial score (nSPS) is 20.4. The molecule has 0 spiro atoms. The molecule has 9 nitrogen and oxygen atoms in total. The highest BCUT2D eigenvalue weighted by Crippen LogP contribution is 2.48. The van der Waals surface area contributed by atoms with Gasteiger partial charge in [0, 0.05) is 42.3 Å². The number of nitrogen functional groups attached to an aromatic ring is 1. The fourth-order valence-electron chi connectivity index (χ4n) is 4.74. The number of carbonyl (C=O) groups is 1. The number of nitrogens with zero attached hydrogens (tertiary/aromatic N) is 3. The number of Topliss-reactive ketones (excluding diaryl/α,β-unsaturated/α-hetero) is 1. The molecule has 5 rings (SSSR count). The molecule has 3 aliphatic rings. The van der Waals surface area contributed by atoms with Crippen molar-refractivity contribution in [1.29, 1.82) is 0 Å². The molecule has 1 fully saturated rings. The number of morpholine rings is 1. The minimum absolute atomic E-state index is 0.126. The van der Waals surface area contributed by atoms with Gasteiger partial charge in [-0.1, -0.05) is 6.07 Å². The second-order valence-corrected chi connectivity index (χ2v) is 8.11. The number of benzene rings is 1. The highest BCUT2D eigenvalue weighted by molar-refractivity contribution is 6.01. The highest BCUT2D eigenvalue weighted by atomic mass is 16.5. The first kappa shape index (κ1) is 20.6. The van der Waals surface area contributed by atoms with Gasteiger partial charge in [-0.05, 0) is 30.5 Å². The van der Waals surface area contributed by atoms with Crippen molar-refractivity contribution in [2.45, 2.75) is 25.2 Å². The van der Waals surface area contributed by atoms with Crippen LogP contribution in [0.25, 0.3) is 0 Å². The summed E-state index contributed by atoms with van der Waals surface area (Å²) in [7, 11) is 3.20. The monoisotopic (exact) mass is 437 g/mol. The molecule has 1 aliphatic carbocycles. The first-order valence-corrected chi connectivity index (χ1v) is 10.9. The second-order valence-electron chi connectivity index (χ2n) is 8.11. The van der Waals surface area contributed by atoms with E-state index in [1.54, 1.807) is 14.2 Å². The minimum atomic E-state index is -0.368. The smallest absolute Gasteiger partial charge is 0.229 e. The Morgan fingerprint density at radius 3 is 2.66 bits per heavy atom. The minimum Gasteiger partial charge on any atom is -0.493 e. The molecule has 1 saturated heterocycles. The van der Waals surface area contributed by atoms with Crippen molar-refractivity contribution in [2.75, 3.05) is 56.5 Å². The van der Waals surface area contributed by atoms with Gasteiger partial charge < -0.3 is 30.2 Å². The molecule has 3 heterocycles. The number of methoxy groups -OCH3 is 2. The Morgan fingerprint density at radius 2 is 1.91 bits per heavy atom. The van der Waals surface area contributed by atoms with Crippen LogP contribution in [0.1, 0.15) is 36.3 Å². The summed E-state index contributed by atoms with van der Waals surface area (Å²) in [5.41, 5.74) is 9.81. The SMILES string of the molecule is COc1ccc(C2C3=C(CCCC3=O)Nc3nc(N4CCOCC4)nc(N)c32)cc1OC. The summed E-state index contributed by atoms with van der Waals surface area (Å²) in [6, 6.07) is 5.70. The maximum Gasteiger partial charge on any atom is 0.229 e. The van der Waals surface area contributed by atoms with Crippen molar-refractivity contribution in [3.05, 3.63) is 40.6 Å². The summed E-state index contributed by atoms with van der Waals surface area (Å²) in [6.45, 7) is 2.69. The van der Waals surface area contributed by atoms with Crippen LogP contribution in [-0.4, -0.2) is 56.3 Å². The predicted molar refractivity (Wildman–Crippen MR) is 120 cm³/mol.